The minimum atomic E-state index is -3.36. The van der Waals surface area contributed by atoms with Crippen LogP contribution >= 0.6 is 11.3 Å². The molecule has 0 saturated heterocycles. The van der Waals surface area contributed by atoms with Crippen LogP contribution in [0.5, 0.6) is 0 Å². The van der Waals surface area contributed by atoms with Gasteiger partial charge in [-0.3, -0.25) is 9.59 Å². The van der Waals surface area contributed by atoms with Gasteiger partial charge in [0.05, 0.1) is 5.56 Å². The van der Waals surface area contributed by atoms with Gasteiger partial charge in [0, 0.05) is 31.1 Å². The largest absolute Gasteiger partial charge is 0.481 e. The first-order chi connectivity index (χ1) is 11.8. The van der Waals surface area contributed by atoms with Crippen molar-refractivity contribution >= 4 is 33.1 Å². The summed E-state index contributed by atoms with van der Waals surface area (Å²) < 4.78 is 23.3. The molecule has 25 heavy (non-hydrogen) atoms. The summed E-state index contributed by atoms with van der Waals surface area (Å²) in [6.45, 7) is 0.618. The number of benzene rings is 1. The number of hydrogen-bond donors (Lipinski definition) is 1. The monoisotopic (exact) mass is 381 g/mol. The number of aliphatic carboxylic acids is 1. The quantitative estimate of drug-likeness (QED) is 0.759. The maximum atomic E-state index is 12.8. The van der Waals surface area contributed by atoms with E-state index in [-0.39, 0.29) is 23.1 Å². The molecule has 6 nitrogen and oxygen atoms in total. The first-order valence-electron chi connectivity index (χ1n) is 7.61. The maximum Gasteiger partial charge on any atom is 0.303 e. The highest BCUT2D eigenvalue weighted by molar-refractivity contribution is 7.92. The number of thiophene rings is 1. The standard InChI is InChI=1S/C17H19NO5S2/c1-25(22,23)16-10-14(12-24-16)17(21)18(9-5-8-15(19)20)11-13-6-3-2-4-7-13/h2-4,6-7,10,12H,5,8-9,11H2,1H3,(H,19,20). The zero-order valence-electron chi connectivity index (χ0n) is 13.7. The first-order valence-corrected chi connectivity index (χ1v) is 10.4. The van der Waals surface area contributed by atoms with Crippen LogP contribution in [0.2, 0.25) is 0 Å². The minimum Gasteiger partial charge on any atom is -0.481 e. The van der Waals surface area contributed by atoms with Crippen molar-refractivity contribution in [1.29, 1.82) is 0 Å². The summed E-state index contributed by atoms with van der Waals surface area (Å²) in [5.41, 5.74) is 1.22. The molecule has 0 unspecified atom stereocenters. The Kier molecular flexibility index (Phi) is 6.33. The van der Waals surface area contributed by atoms with Crippen molar-refractivity contribution in [2.75, 3.05) is 12.8 Å². The van der Waals surface area contributed by atoms with Crippen LogP contribution in [0.25, 0.3) is 0 Å². The second kappa shape index (κ2) is 8.26. The van der Waals surface area contributed by atoms with E-state index in [9.17, 15) is 18.0 Å². The van der Waals surface area contributed by atoms with Crippen LogP contribution in [0.3, 0.4) is 0 Å². The number of carbonyl (C=O) groups excluding carboxylic acids is 1. The Morgan fingerprint density at radius 1 is 1.20 bits per heavy atom. The Bertz CT molecular complexity index is 843. The van der Waals surface area contributed by atoms with Gasteiger partial charge in [0.25, 0.3) is 5.91 Å². The molecule has 134 valence electrons. The highest BCUT2D eigenvalue weighted by Crippen LogP contribution is 2.22. The Morgan fingerprint density at radius 2 is 1.88 bits per heavy atom. The van der Waals surface area contributed by atoms with Crippen molar-refractivity contribution in [3.8, 4) is 0 Å². The van der Waals surface area contributed by atoms with Crippen molar-refractivity contribution in [1.82, 2.24) is 4.90 Å². The molecule has 1 aromatic carbocycles. The molecule has 2 rings (SSSR count). The SMILES string of the molecule is CS(=O)(=O)c1cc(C(=O)N(CCCC(=O)O)Cc2ccccc2)cs1. The van der Waals surface area contributed by atoms with Gasteiger partial charge in [-0.25, -0.2) is 8.42 Å². The highest BCUT2D eigenvalue weighted by Gasteiger charge is 2.20. The van der Waals surface area contributed by atoms with Crippen molar-refractivity contribution in [2.45, 2.75) is 23.6 Å². The van der Waals surface area contributed by atoms with Crippen LogP contribution in [0.4, 0.5) is 0 Å². The Labute approximate surface area is 150 Å². The lowest BCUT2D eigenvalue weighted by Gasteiger charge is -2.22. The minimum absolute atomic E-state index is 0.0310. The van der Waals surface area contributed by atoms with Gasteiger partial charge in [0.2, 0.25) is 0 Å². The van der Waals surface area contributed by atoms with E-state index >= 15 is 0 Å². The lowest BCUT2D eigenvalue weighted by atomic mass is 10.2. The van der Waals surface area contributed by atoms with E-state index in [1.807, 2.05) is 30.3 Å². The number of hydrogen-bond acceptors (Lipinski definition) is 5. The van der Waals surface area contributed by atoms with E-state index in [1.54, 1.807) is 4.90 Å². The van der Waals surface area contributed by atoms with Crippen LogP contribution in [-0.4, -0.2) is 43.1 Å². The third kappa shape index (κ3) is 5.68. The highest BCUT2D eigenvalue weighted by atomic mass is 32.2. The van der Waals surface area contributed by atoms with Crippen molar-refractivity contribution in [3.63, 3.8) is 0 Å². The predicted molar refractivity (Wildman–Crippen MR) is 95.5 cm³/mol. The molecular formula is C17H19NO5S2. The summed E-state index contributed by atoms with van der Waals surface area (Å²) in [7, 11) is -3.36. The van der Waals surface area contributed by atoms with Gasteiger partial charge in [-0.05, 0) is 18.1 Å². The average molecular weight is 381 g/mol. The second-order valence-electron chi connectivity index (χ2n) is 5.64. The molecule has 0 aliphatic carbocycles. The molecule has 0 atom stereocenters. The summed E-state index contributed by atoms with van der Waals surface area (Å²) >= 11 is 1.01. The molecule has 1 aromatic heterocycles. The summed E-state index contributed by atoms with van der Waals surface area (Å²) in [5.74, 6) is -1.22. The van der Waals surface area contributed by atoms with Gasteiger partial charge < -0.3 is 10.0 Å². The number of rotatable bonds is 8. The van der Waals surface area contributed by atoms with Gasteiger partial charge in [0.1, 0.15) is 4.21 Å². The number of nitrogens with zero attached hydrogens (tertiary/aromatic N) is 1. The molecule has 1 heterocycles. The molecule has 1 N–H and O–H groups in total. The molecule has 1 amide bonds. The summed E-state index contributed by atoms with van der Waals surface area (Å²) in [5, 5.41) is 10.3. The Hall–Kier alpha value is -2.19. The van der Waals surface area contributed by atoms with Gasteiger partial charge in [0.15, 0.2) is 9.84 Å². The molecular weight excluding hydrogens is 362 g/mol. The first kappa shape index (κ1) is 19.1. The lowest BCUT2D eigenvalue weighted by Crippen LogP contribution is -2.31. The second-order valence-corrected chi connectivity index (χ2v) is 8.79. The molecule has 0 radical (unpaired) electrons. The summed E-state index contributed by atoms with van der Waals surface area (Å²) in [6.07, 6.45) is 1.40. The fourth-order valence-electron chi connectivity index (χ4n) is 2.28. The molecule has 0 aliphatic heterocycles. The topological polar surface area (TPSA) is 91.8 Å². The lowest BCUT2D eigenvalue weighted by molar-refractivity contribution is -0.137. The van der Waals surface area contributed by atoms with Crippen molar-refractivity contribution in [3.05, 3.63) is 52.9 Å². The zero-order valence-corrected chi connectivity index (χ0v) is 15.3. The Morgan fingerprint density at radius 3 is 2.44 bits per heavy atom. The van der Waals surface area contributed by atoms with Crippen LogP contribution in [-0.2, 0) is 21.2 Å². The van der Waals surface area contributed by atoms with Gasteiger partial charge in [-0.15, -0.1) is 11.3 Å². The third-order valence-electron chi connectivity index (χ3n) is 3.51. The van der Waals surface area contributed by atoms with Crippen LogP contribution in [0, 0.1) is 0 Å². The predicted octanol–water partition coefficient (Wildman–Crippen LogP) is 2.66. The molecule has 0 spiro atoms. The van der Waals surface area contributed by atoms with Crippen molar-refractivity contribution < 1.29 is 23.1 Å². The summed E-state index contributed by atoms with van der Waals surface area (Å²) in [6, 6.07) is 10.7. The molecule has 8 heteroatoms. The third-order valence-corrected chi connectivity index (χ3v) is 6.28. The fraction of sp³-hybridized carbons (Fsp3) is 0.294. The van der Waals surface area contributed by atoms with Crippen LogP contribution < -0.4 is 0 Å². The zero-order chi connectivity index (χ0) is 18.4. The molecule has 0 aliphatic rings. The van der Waals surface area contributed by atoms with Crippen LogP contribution in [0.1, 0.15) is 28.8 Å². The van der Waals surface area contributed by atoms with E-state index in [2.05, 4.69) is 0 Å². The Balaban J connectivity index is 2.19. The van der Waals surface area contributed by atoms with Crippen LogP contribution in [0.15, 0.2) is 46.0 Å². The van der Waals surface area contributed by atoms with Crippen molar-refractivity contribution in [2.24, 2.45) is 0 Å². The molecule has 0 bridgehead atoms. The van der Waals surface area contributed by atoms with E-state index in [0.29, 0.717) is 18.5 Å². The van der Waals surface area contributed by atoms with E-state index in [0.717, 1.165) is 23.2 Å². The molecule has 0 saturated carbocycles. The number of sulfone groups is 1. The van der Waals surface area contributed by atoms with Gasteiger partial charge >= 0.3 is 5.97 Å². The smallest absolute Gasteiger partial charge is 0.303 e. The molecule has 2 aromatic rings. The number of carboxylic acid groups (broad SMARTS) is 1. The maximum absolute atomic E-state index is 12.8. The summed E-state index contributed by atoms with van der Waals surface area (Å²) in [4.78, 5) is 25.0. The number of carboxylic acids is 1. The number of amides is 1. The van der Waals surface area contributed by atoms with Gasteiger partial charge in [-0.1, -0.05) is 30.3 Å². The van der Waals surface area contributed by atoms with E-state index < -0.39 is 15.8 Å². The molecule has 0 fully saturated rings. The van der Waals surface area contributed by atoms with Gasteiger partial charge in [-0.2, -0.15) is 0 Å². The average Bonchev–Trinajstić information content (AvgIpc) is 3.04. The number of carbonyl (C=O) groups is 2. The van der Waals surface area contributed by atoms with E-state index in [4.69, 9.17) is 5.11 Å². The fourth-order valence-corrected chi connectivity index (χ4v) is 4.07. The normalized spacial score (nSPS) is 11.2. The van der Waals surface area contributed by atoms with E-state index in [1.165, 1.54) is 11.4 Å².